The van der Waals surface area contributed by atoms with Gasteiger partial charge in [0.25, 0.3) is 0 Å². The summed E-state index contributed by atoms with van der Waals surface area (Å²) < 4.78 is 39.3. The molecule has 1 heterocycles. The van der Waals surface area contributed by atoms with Gasteiger partial charge in [-0.2, -0.15) is 0 Å². The minimum atomic E-state index is -1.17. The van der Waals surface area contributed by atoms with Gasteiger partial charge in [-0.3, -0.25) is 0 Å². The Labute approximate surface area is 113 Å². The first-order chi connectivity index (χ1) is 9.11. The fraction of sp³-hybridized carbons (Fsp3) is 0.308. The van der Waals surface area contributed by atoms with E-state index in [1.165, 1.54) is 11.3 Å². The number of hydrogen-bond donors (Lipinski definition) is 1. The van der Waals surface area contributed by atoms with Gasteiger partial charge in [0.15, 0.2) is 11.6 Å². The molecule has 2 aromatic rings. The fourth-order valence-corrected chi connectivity index (χ4v) is 2.54. The van der Waals surface area contributed by atoms with Crippen LogP contribution >= 0.6 is 11.3 Å². The number of aromatic nitrogens is 1. The Bertz CT molecular complexity index is 543. The van der Waals surface area contributed by atoms with E-state index in [-0.39, 0.29) is 18.2 Å². The van der Waals surface area contributed by atoms with Crippen LogP contribution in [0.4, 0.5) is 13.2 Å². The second kappa shape index (κ2) is 6.16. The van der Waals surface area contributed by atoms with Crippen molar-refractivity contribution in [1.82, 2.24) is 10.3 Å². The molecular weight excluding hydrogens is 273 g/mol. The Hall–Kier alpha value is -1.40. The van der Waals surface area contributed by atoms with Crippen LogP contribution in [0.3, 0.4) is 0 Å². The minimum absolute atomic E-state index is 0.0208. The molecule has 0 fully saturated rings. The van der Waals surface area contributed by atoms with Crippen LogP contribution in [0.2, 0.25) is 0 Å². The summed E-state index contributed by atoms with van der Waals surface area (Å²) in [7, 11) is 0. The van der Waals surface area contributed by atoms with Crippen molar-refractivity contribution in [2.45, 2.75) is 25.9 Å². The van der Waals surface area contributed by atoms with Crippen molar-refractivity contribution in [3.63, 3.8) is 0 Å². The molecule has 0 spiro atoms. The van der Waals surface area contributed by atoms with Gasteiger partial charge in [0, 0.05) is 29.8 Å². The van der Waals surface area contributed by atoms with Gasteiger partial charge in [0.2, 0.25) is 0 Å². The van der Waals surface area contributed by atoms with Crippen molar-refractivity contribution < 1.29 is 13.2 Å². The van der Waals surface area contributed by atoms with Gasteiger partial charge in [-0.15, -0.1) is 11.3 Å². The quantitative estimate of drug-likeness (QED) is 0.846. The van der Waals surface area contributed by atoms with Crippen molar-refractivity contribution in [2.75, 3.05) is 0 Å². The Morgan fingerprint density at radius 1 is 1.21 bits per heavy atom. The zero-order valence-corrected chi connectivity index (χ0v) is 11.1. The van der Waals surface area contributed by atoms with Gasteiger partial charge in [-0.05, 0) is 12.5 Å². The van der Waals surface area contributed by atoms with E-state index in [1.807, 2.05) is 12.3 Å². The minimum Gasteiger partial charge on any atom is -0.304 e. The molecular formula is C13H13F3N2S. The number of thiazole rings is 1. The molecule has 0 bridgehead atoms. The molecule has 1 unspecified atom stereocenters. The van der Waals surface area contributed by atoms with E-state index in [4.69, 9.17) is 0 Å². The predicted molar refractivity (Wildman–Crippen MR) is 68.3 cm³/mol. The molecule has 0 saturated heterocycles. The van der Waals surface area contributed by atoms with Crippen LogP contribution in [0.1, 0.15) is 30.0 Å². The lowest BCUT2D eigenvalue weighted by molar-refractivity contribution is 0.473. The van der Waals surface area contributed by atoms with Crippen LogP contribution in [0, 0.1) is 17.5 Å². The lowest BCUT2D eigenvalue weighted by Crippen LogP contribution is -2.21. The lowest BCUT2D eigenvalue weighted by Gasteiger charge is -2.14. The molecule has 0 aliphatic carbocycles. The van der Waals surface area contributed by atoms with E-state index in [1.54, 1.807) is 6.20 Å². The largest absolute Gasteiger partial charge is 0.304 e. The van der Waals surface area contributed by atoms with Gasteiger partial charge < -0.3 is 5.32 Å². The Kier molecular flexibility index (Phi) is 4.55. The Balaban J connectivity index is 2.08. The van der Waals surface area contributed by atoms with Gasteiger partial charge in [0.05, 0.1) is 6.04 Å². The van der Waals surface area contributed by atoms with Crippen LogP contribution in [-0.2, 0) is 6.54 Å². The highest BCUT2D eigenvalue weighted by Gasteiger charge is 2.14. The van der Waals surface area contributed by atoms with Crippen LogP contribution in [0.25, 0.3) is 0 Å². The second-order valence-electron chi connectivity index (χ2n) is 4.07. The molecule has 0 radical (unpaired) electrons. The van der Waals surface area contributed by atoms with Crippen LogP contribution < -0.4 is 5.32 Å². The molecule has 2 nitrogen and oxygen atoms in total. The van der Waals surface area contributed by atoms with Crippen LogP contribution in [0.5, 0.6) is 0 Å². The van der Waals surface area contributed by atoms with Crippen LogP contribution in [-0.4, -0.2) is 4.98 Å². The third kappa shape index (κ3) is 3.33. The van der Waals surface area contributed by atoms with Crippen molar-refractivity contribution in [2.24, 2.45) is 0 Å². The lowest BCUT2D eigenvalue weighted by atomic mass is 10.1. The average molecular weight is 286 g/mol. The third-order valence-electron chi connectivity index (χ3n) is 2.79. The molecule has 0 saturated carbocycles. The maximum absolute atomic E-state index is 13.5. The van der Waals surface area contributed by atoms with Gasteiger partial charge in [-0.1, -0.05) is 6.92 Å². The summed E-state index contributed by atoms with van der Waals surface area (Å²) in [4.78, 5) is 4.18. The number of benzene rings is 1. The number of nitrogens with one attached hydrogen (secondary N) is 1. The normalized spacial score (nSPS) is 12.6. The van der Waals surface area contributed by atoms with Gasteiger partial charge in [-0.25, -0.2) is 18.2 Å². The highest BCUT2D eigenvalue weighted by Crippen LogP contribution is 2.20. The summed E-state index contributed by atoms with van der Waals surface area (Å²) in [6, 6.07) is 1.43. The zero-order valence-electron chi connectivity index (χ0n) is 10.3. The standard InChI is InChI=1S/C13H13F3N2S/c1-2-12(13-17-3-4-19-13)18-7-8-5-10(15)11(16)6-9(8)14/h3-6,12,18H,2,7H2,1H3. The molecule has 0 aliphatic rings. The highest BCUT2D eigenvalue weighted by atomic mass is 32.1. The van der Waals surface area contributed by atoms with Gasteiger partial charge in [0.1, 0.15) is 10.8 Å². The number of halogens is 3. The summed E-state index contributed by atoms with van der Waals surface area (Å²) in [5.74, 6) is -2.96. The van der Waals surface area contributed by atoms with E-state index in [2.05, 4.69) is 10.3 Å². The summed E-state index contributed by atoms with van der Waals surface area (Å²) in [6.45, 7) is 2.10. The molecule has 6 heteroatoms. The smallest absolute Gasteiger partial charge is 0.161 e. The molecule has 1 atom stereocenters. The maximum Gasteiger partial charge on any atom is 0.161 e. The van der Waals surface area contributed by atoms with Gasteiger partial charge >= 0.3 is 0 Å². The number of nitrogens with zero attached hydrogens (tertiary/aromatic N) is 1. The van der Waals surface area contributed by atoms with Crippen molar-refractivity contribution in [3.05, 3.63) is 51.7 Å². The van der Waals surface area contributed by atoms with E-state index in [0.717, 1.165) is 17.5 Å². The van der Waals surface area contributed by atoms with E-state index in [0.29, 0.717) is 6.07 Å². The molecule has 0 aliphatic heterocycles. The molecule has 1 N–H and O–H groups in total. The maximum atomic E-state index is 13.5. The molecule has 1 aromatic heterocycles. The Morgan fingerprint density at radius 2 is 1.95 bits per heavy atom. The first-order valence-electron chi connectivity index (χ1n) is 5.88. The number of hydrogen-bond acceptors (Lipinski definition) is 3. The predicted octanol–water partition coefficient (Wildman–Crippen LogP) is 3.80. The molecule has 102 valence electrons. The summed E-state index contributed by atoms with van der Waals surface area (Å²) in [5, 5.41) is 5.85. The SMILES string of the molecule is CCC(NCc1cc(F)c(F)cc1F)c1nccs1. The Morgan fingerprint density at radius 3 is 2.58 bits per heavy atom. The summed E-state index contributed by atoms with van der Waals surface area (Å²) in [5.41, 5.74) is 0.105. The monoisotopic (exact) mass is 286 g/mol. The zero-order chi connectivity index (χ0) is 13.8. The average Bonchev–Trinajstić information content (AvgIpc) is 2.90. The van der Waals surface area contributed by atoms with Crippen molar-refractivity contribution in [1.29, 1.82) is 0 Å². The van der Waals surface area contributed by atoms with Crippen molar-refractivity contribution >= 4 is 11.3 Å². The topological polar surface area (TPSA) is 24.9 Å². The van der Waals surface area contributed by atoms with E-state index in [9.17, 15) is 13.2 Å². The second-order valence-corrected chi connectivity index (χ2v) is 5.00. The molecule has 0 amide bonds. The summed E-state index contributed by atoms with van der Waals surface area (Å²) >= 11 is 1.50. The van der Waals surface area contributed by atoms with Crippen molar-refractivity contribution in [3.8, 4) is 0 Å². The molecule has 1 aromatic carbocycles. The first kappa shape index (κ1) is 14.0. The van der Waals surface area contributed by atoms with Crippen LogP contribution in [0.15, 0.2) is 23.7 Å². The number of rotatable bonds is 5. The van der Waals surface area contributed by atoms with E-state index < -0.39 is 17.5 Å². The summed E-state index contributed by atoms with van der Waals surface area (Å²) in [6.07, 6.45) is 2.47. The molecule has 2 rings (SSSR count). The third-order valence-corrected chi connectivity index (χ3v) is 3.68. The highest BCUT2D eigenvalue weighted by molar-refractivity contribution is 7.09. The van der Waals surface area contributed by atoms with E-state index >= 15 is 0 Å². The first-order valence-corrected chi connectivity index (χ1v) is 6.76. The molecule has 19 heavy (non-hydrogen) atoms. The fourth-order valence-electron chi connectivity index (χ4n) is 1.75.